The Morgan fingerprint density at radius 3 is 2.90 bits per heavy atom. The molecule has 0 atom stereocenters. The van der Waals surface area contributed by atoms with Crippen molar-refractivity contribution in [3.05, 3.63) is 18.6 Å². The minimum atomic E-state index is 0.414. The number of hydrogen-bond donors (Lipinski definition) is 1. The molecule has 0 amide bonds. The topological polar surface area (TPSA) is 76.1 Å². The molecule has 2 aromatic rings. The molecule has 1 fully saturated rings. The summed E-state index contributed by atoms with van der Waals surface area (Å²) in [6.45, 7) is 1.95. The van der Waals surface area contributed by atoms with Crippen LogP contribution in [0.15, 0.2) is 18.6 Å². The highest BCUT2D eigenvalue weighted by atomic mass is 32.1. The molecule has 1 aliphatic rings. The molecule has 0 radical (unpaired) electrons. The molecular formula is C12H16N6OS. The van der Waals surface area contributed by atoms with E-state index in [-0.39, 0.29) is 0 Å². The van der Waals surface area contributed by atoms with Gasteiger partial charge in [0.15, 0.2) is 5.82 Å². The Morgan fingerprint density at radius 1 is 1.35 bits per heavy atom. The van der Waals surface area contributed by atoms with Crippen LogP contribution >= 0.6 is 11.7 Å². The van der Waals surface area contributed by atoms with Gasteiger partial charge in [0.25, 0.3) is 0 Å². The summed E-state index contributed by atoms with van der Waals surface area (Å²) in [5, 5.41) is 3.43. The smallest absolute Gasteiger partial charge is 0.218 e. The maximum Gasteiger partial charge on any atom is 0.218 e. The number of ether oxygens (including phenoxy) is 1. The first-order chi connectivity index (χ1) is 9.85. The van der Waals surface area contributed by atoms with Crippen molar-refractivity contribution in [3.8, 4) is 5.88 Å². The van der Waals surface area contributed by atoms with Gasteiger partial charge in [-0.1, -0.05) is 0 Å². The molecular weight excluding hydrogens is 276 g/mol. The second-order valence-corrected chi connectivity index (χ2v) is 5.17. The van der Waals surface area contributed by atoms with Crippen LogP contribution in [0.1, 0.15) is 12.8 Å². The van der Waals surface area contributed by atoms with E-state index in [2.05, 4.69) is 28.9 Å². The molecule has 0 aromatic carbocycles. The van der Waals surface area contributed by atoms with Crippen LogP contribution in [-0.2, 0) is 0 Å². The average Bonchev–Trinajstić information content (AvgIpc) is 3.02. The van der Waals surface area contributed by atoms with Crippen LogP contribution in [0.4, 0.5) is 11.6 Å². The van der Waals surface area contributed by atoms with Crippen molar-refractivity contribution < 1.29 is 4.74 Å². The van der Waals surface area contributed by atoms with Crippen LogP contribution in [0.2, 0.25) is 0 Å². The van der Waals surface area contributed by atoms with E-state index in [9.17, 15) is 0 Å². The molecule has 0 saturated carbocycles. The van der Waals surface area contributed by atoms with Crippen molar-refractivity contribution in [2.24, 2.45) is 0 Å². The van der Waals surface area contributed by atoms with Gasteiger partial charge in [-0.3, -0.25) is 0 Å². The Bertz CT molecular complexity index is 541. The van der Waals surface area contributed by atoms with Crippen molar-refractivity contribution in [1.82, 2.24) is 18.7 Å². The predicted octanol–water partition coefficient (Wildman–Crippen LogP) is 1.42. The summed E-state index contributed by atoms with van der Waals surface area (Å²) in [5.41, 5.74) is 0. The highest BCUT2D eigenvalue weighted by Gasteiger charge is 2.20. The first-order valence-corrected chi connectivity index (χ1v) is 7.23. The van der Waals surface area contributed by atoms with Gasteiger partial charge in [0, 0.05) is 25.2 Å². The Labute approximate surface area is 121 Å². The zero-order valence-electron chi connectivity index (χ0n) is 11.2. The van der Waals surface area contributed by atoms with Gasteiger partial charge < -0.3 is 15.0 Å². The second-order valence-electron chi connectivity index (χ2n) is 4.62. The fourth-order valence-corrected chi connectivity index (χ4v) is 2.73. The zero-order chi connectivity index (χ0) is 13.8. The third-order valence-electron chi connectivity index (χ3n) is 3.37. The molecule has 106 valence electrons. The normalized spacial score (nSPS) is 16.1. The molecule has 3 rings (SSSR count). The Kier molecular flexibility index (Phi) is 3.91. The van der Waals surface area contributed by atoms with E-state index in [0.717, 1.165) is 37.6 Å². The van der Waals surface area contributed by atoms with Gasteiger partial charge in [0.2, 0.25) is 5.88 Å². The molecule has 0 bridgehead atoms. The Hall–Kier alpha value is -1.96. The summed E-state index contributed by atoms with van der Waals surface area (Å²) in [6.07, 6.45) is 5.43. The fraction of sp³-hybridized carbons (Fsp3) is 0.500. The van der Waals surface area contributed by atoms with Gasteiger partial charge >= 0.3 is 0 Å². The summed E-state index contributed by atoms with van der Waals surface area (Å²) < 4.78 is 13.4. The van der Waals surface area contributed by atoms with E-state index < -0.39 is 0 Å². The maximum absolute atomic E-state index is 5.10. The number of nitrogens with one attached hydrogen (secondary N) is 1. The van der Waals surface area contributed by atoms with Crippen molar-refractivity contribution in [2.75, 3.05) is 30.4 Å². The van der Waals surface area contributed by atoms with E-state index in [1.54, 1.807) is 7.11 Å². The number of piperidine rings is 1. The standard InChI is InChI=1S/C12H16N6OS/c1-19-12-6-10(13-8-14-12)16-9-2-4-18(5-3-9)11-7-15-20-17-11/h6-9H,2-5H2,1H3,(H,13,14,16). The fourth-order valence-electron chi connectivity index (χ4n) is 2.29. The lowest BCUT2D eigenvalue weighted by atomic mass is 10.1. The Morgan fingerprint density at radius 2 is 2.20 bits per heavy atom. The van der Waals surface area contributed by atoms with Gasteiger partial charge in [0.1, 0.15) is 12.1 Å². The number of hydrogen-bond acceptors (Lipinski definition) is 8. The first-order valence-electron chi connectivity index (χ1n) is 6.50. The number of anilines is 2. The molecule has 0 unspecified atom stereocenters. The first kappa shape index (κ1) is 13.0. The molecule has 2 aromatic heterocycles. The number of rotatable bonds is 4. The molecule has 0 aliphatic carbocycles. The summed E-state index contributed by atoms with van der Waals surface area (Å²) in [6, 6.07) is 2.23. The third-order valence-corrected chi connectivity index (χ3v) is 3.84. The summed E-state index contributed by atoms with van der Waals surface area (Å²) in [5.74, 6) is 2.37. The molecule has 1 saturated heterocycles. The van der Waals surface area contributed by atoms with Crippen LogP contribution in [0.25, 0.3) is 0 Å². The van der Waals surface area contributed by atoms with Crippen LogP contribution in [0, 0.1) is 0 Å². The van der Waals surface area contributed by atoms with Crippen LogP contribution < -0.4 is 15.0 Å². The molecule has 8 heteroatoms. The average molecular weight is 292 g/mol. The highest BCUT2D eigenvalue weighted by molar-refractivity contribution is 6.99. The second kappa shape index (κ2) is 6.00. The zero-order valence-corrected chi connectivity index (χ0v) is 12.0. The molecule has 1 aliphatic heterocycles. The van der Waals surface area contributed by atoms with E-state index in [4.69, 9.17) is 4.74 Å². The predicted molar refractivity (Wildman–Crippen MR) is 77.4 cm³/mol. The molecule has 7 nitrogen and oxygen atoms in total. The largest absolute Gasteiger partial charge is 0.481 e. The lowest BCUT2D eigenvalue weighted by Crippen LogP contribution is -2.39. The molecule has 20 heavy (non-hydrogen) atoms. The lowest BCUT2D eigenvalue weighted by Gasteiger charge is -2.32. The van der Waals surface area contributed by atoms with Crippen LogP contribution in [-0.4, -0.2) is 45.0 Å². The van der Waals surface area contributed by atoms with Crippen LogP contribution in [0.3, 0.4) is 0 Å². The highest BCUT2D eigenvalue weighted by Crippen LogP contribution is 2.20. The van der Waals surface area contributed by atoms with Gasteiger partial charge in [-0.05, 0) is 12.8 Å². The summed E-state index contributed by atoms with van der Waals surface area (Å²) in [4.78, 5) is 10.5. The van der Waals surface area contributed by atoms with E-state index >= 15 is 0 Å². The molecule has 3 heterocycles. The van der Waals surface area contributed by atoms with Crippen LogP contribution in [0.5, 0.6) is 5.88 Å². The van der Waals surface area contributed by atoms with Gasteiger partial charge in [-0.25, -0.2) is 9.97 Å². The quantitative estimate of drug-likeness (QED) is 0.913. The van der Waals surface area contributed by atoms with Crippen molar-refractivity contribution in [3.63, 3.8) is 0 Å². The minimum absolute atomic E-state index is 0.414. The van der Waals surface area contributed by atoms with Crippen molar-refractivity contribution >= 4 is 23.4 Å². The van der Waals surface area contributed by atoms with Gasteiger partial charge in [-0.2, -0.15) is 8.75 Å². The SMILES string of the molecule is COc1cc(NC2CCN(c3cnsn3)CC2)ncn1. The minimum Gasteiger partial charge on any atom is -0.481 e. The van der Waals surface area contributed by atoms with E-state index in [0.29, 0.717) is 11.9 Å². The summed E-state index contributed by atoms with van der Waals surface area (Å²) in [7, 11) is 1.60. The van der Waals surface area contributed by atoms with Crippen molar-refractivity contribution in [2.45, 2.75) is 18.9 Å². The van der Waals surface area contributed by atoms with Gasteiger partial charge in [0.05, 0.1) is 25.0 Å². The third kappa shape index (κ3) is 2.96. The number of aromatic nitrogens is 4. The molecule has 0 spiro atoms. The molecule has 1 N–H and O–H groups in total. The van der Waals surface area contributed by atoms with E-state index in [1.165, 1.54) is 18.1 Å². The van der Waals surface area contributed by atoms with E-state index in [1.807, 2.05) is 12.3 Å². The van der Waals surface area contributed by atoms with Gasteiger partial charge in [-0.15, -0.1) is 0 Å². The monoisotopic (exact) mass is 292 g/mol. The summed E-state index contributed by atoms with van der Waals surface area (Å²) >= 11 is 1.25. The number of nitrogens with zero attached hydrogens (tertiary/aromatic N) is 5. The lowest BCUT2D eigenvalue weighted by molar-refractivity contribution is 0.397. The number of methoxy groups -OCH3 is 1. The van der Waals surface area contributed by atoms with Crippen molar-refractivity contribution in [1.29, 1.82) is 0 Å². The Balaban J connectivity index is 1.55. The maximum atomic E-state index is 5.10.